The third-order valence-corrected chi connectivity index (χ3v) is 2.61. The van der Waals surface area contributed by atoms with Gasteiger partial charge in [-0.05, 0) is 11.6 Å². The van der Waals surface area contributed by atoms with Crippen molar-refractivity contribution in [3.8, 4) is 0 Å². The van der Waals surface area contributed by atoms with E-state index in [0.29, 0.717) is 0 Å². The van der Waals surface area contributed by atoms with Crippen LogP contribution in [0.1, 0.15) is 12.5 Å². The molecule has 70 valence electrons. The van der Waals surface area contributed by atoms with Gasteiger partial charge in [-0.2, -0.15) is 0 Å². The van der Waals surface area contributed by atoms with Crippen molar-refractivity contribution in [1.29, 1.82) is 0 Å². The lowest BCUT2D eigenvalue weighted by atomic mass is 9.83. The Bertz CT molecular complexity index is 306. The number of rotatable bonds is 1. The van der Waals surface area contributed by atoms with E-state index in [2.05, 4.69) is 17.8 Å². The first-order valence-electron chi connectivity index (χ1n) is 4.43. The van der Waals surface area contributed by atoms with Gasteiger partial charge in [0, 0.05) is 18.5 Å². The molecule has 0 atom stereocenters. The monoisotopic (exact) mass is 180 g/mol. The predicted octanol–water partition coefficient (Wildman–Crippen LogP) is 1.19. The molecule has 0 amide bonds. The topological polar surface area (TPSA) is 24.1 Å². The summed E-state index contributed by atoms with van der Waals surface area (Å²) < 4.78 is 13.4. The van der Waals surface area contributed by atoms with Crippen LogP contribution in [-0.2, 0) is 5.41 Å². The van der Waals surface area contributed by atoms with Gasteiger partial charge < -0.3 is 0 Å². The average Bonchev–Trinajstić information content (AvgIpc) is 2.54. The van der Waals surface area contributed by atoms with E-state index < -0.39 is 0 Å². The highest BCUT2D eigenvalue weighted by molar-refractivity contribution is 5.28. The molecule has 1 aromatic rings. The van der Waals surface area contributed by atoms with Gasteiger partial charge in [0.05, 0.1) is 0 Å². The molecule has 1 saturated heterocycles. The smallest absolute Gasteiger partial charge is 0.127 e. The first-order chi connectivity index (χ1) is 6.22. The van der Waals surface area contributed by atoms with Gasteiger partial charge in [-0.3, -0.25) is 10.9 Å². The lowest BCUT2D eigenvalue weighted by Crippen LogP contribution is -2.28. The molecule has 0 bridgehead atoms. The summed E-state index contributed by atoms with van der Waals surface area (Å²) in [6.07, 6.45) is 0. The summed E-state index contributed by atoms with van der Waals surface area (Å²) in [5.74, 6) is -0.115. The molecule has 1 aliphatic heterocycles. The van der Waals surface area contributed by atoms with Crippen molar-refractivity contribution in [2.75, 3.05) is 13.1 Å². The van der Waals surface area contributed by atoms with Crippen LogP contribution in [0.3, 0.4) is 0 Å². The number of hydrazine groups is 1. The second-order valence-corrected chi connectivity index (χ2v) is 3.75. The number of benzene rings is 1. The zero-order chi connectivity index (χ0) is 9.31. The number of nitrogens with one attached hydrogen (secondary N) is 2. The Morgan fingerprint density at radius 1 is 1.23 bits per heavy atom. The first-order valence-corrected chi connectivity index (χ1v) is 4.43. The van der Waals surface area contributed by atoms with Crippen molar-refractivity contribution in [3.05, 3.63) is 35.6 Å². The minimum absolute atomic E-state index is 0.115. The number of hydrogen-bond donors (Lipinski definition) is 2. The van der Waals surface area contributed by atoms with E-state index in [1.807, 2.05) is 12.1 Å². The van der Waals surface area contributed by atoms with Crippen molar-refractivity contribution in [2.45, 2.75) is 12.3 Å². The maximum atomic E-state index is 13.4. The van der Waals surface area contributed by atoms with E-state index >= 15 is 0 Å². The van der Waals surface area contributed by atoms with Gasteiger partial charge in [0.15, 0.2) is 0 Å². The van der Waals surface area contributed by atoms with E-state index in [1.165, 1.54) is 6.07 Å². The SMILES string of the molecule is CC1(c2ccccc2F)CNNC1. The van der Waals surface area contributed by atoms with Crippen LogP contribution in [0.25, 0.3) is 0 Å². The van der Waals surface area contributed by atoms with E-state index in [0.717, 1.165) is 18.7 Å². The molecule has 0 radical (unpaired) electrons. The molecular formula is C10H13FN2. The average molecular weight is 180 g/mol. The molecule has 2 nitrogen and oxygen atoms in total. The third kappa shape index (κ3) is 1.45. The van der Waals surface area contributed by atoms with Gasteiger partial charge in [0.1, 0.15) is 5.82 Å². The van der Waals surface area contributed by atoms with E-state index in [9.17, 15) is 4.39 Å². The van der Waals surface area contributed by atoms with Gasteiger partial charge in [-0.25, -0.2) is 4.39 Å². The molecule has 1 aromatic carbocycles. The minimum Gasteiger partial charge on any atom is -0.257 e. The number of halogens is 1. The fourth-order valence-electron chi connectivity index (χ4n) is 1.72. The fraction of sp³-hybridized carbons (Fsp3) is 0.400. The van der Waals surface area contributed by atoms with Crippen LogP contribution in [0.5, 0.6) is 0 Å². The summed E-state index contributed by atoms with van der Waals surface area (Å²) in [5, 5.41) is 0. The van der Waals surface area contributed by atoms with Gasteiger partial charge in [0.25, 0.3) is 0 Å². The van der Waals surface area contributed by atoms with E-state index in [1.54, 1.807) is 6.07 Å². The summed E-state index contributed by atoms with van der Waals surface area (Å²) in [4.78, 5) is 0. The Balaban J connectivity index is 2.39. The standard InChI is InChI=1S/C10H13FN2/c1-10(6-12-13-7-10)8-4-2-3-5-9(8)11/h2-5,12-13H,6-7H2,1H3. The highest BCUT2D eigenvalue weighted by atomic mass is 19.1. The summed E-state index contributed by atoms with van der Waals surface area (Å²) in [6.45, 7) is 3.60. The first kappa shape index (κ1) is 8.66. The van der Waals surface area contributed by atoms with Crippen molar-refractivity contribution < 1.29 is 4.39 Å². The fourth-order valence-corrected chi connectivity index (χ4v) is 1.72. The Hall–Kier alpha value is -0.930. The molecule has 0 aliphatic carbocycles. The van der Waals surface area contributed by atoms with Crippen LogP contribution < -0.4 is 10.9 Å². The molecule has 1 heterocycles. The lowest BCUT2D eigenvalue weighted by Gasteiger charge is -2.22. The van der Waals surface area contributed by atoms with Crippen molar-refractivity contribution >= 4 is 0 Å². The molecule has 0 saturated carbocycles. The van der Waals surface area contributed by atoms with Crippen LogP contribution in [0.2, 0.25) is 0 Å². The molecule has 13 heavy (non-hydrogen) atoms. The van der Waals surface area contributed by atoms with E-state index in [4.69, 9.17) is 0 Å². The van der Waals surface area contributed by atoms with Crippen molar-refractivity contribution in [1.82, 2.24) is 10.9 Å². The molecule has 3 heteroatoms. The van der Waals surface area contributed by atoms with Crippen LogP contribution in [0.15, 0.2) is 24.3 Å². The summed E-state index contributed by atoms with van der Waals surface area (Å²) in [7, 11) is 0. The molecule has 2 rings (SSSR count). The largest absolute Gasteiger partial charge is 0.257 e. The lowest BCUT2D eigenvalue weighted by molar-refractivity contribution is 0.502. The highest BCUT2D eigenvalue weighted by Gasteiger charge is 2.32. The second-order valence-electron chi connectivity index (χ2n) is 3.75. The van der Waals surface area contributed by atoms with Gasteiger partial charge in [-0.1, -0.05) is 25.1 Å². The predicted molar refractivity (Wildman–Crippen MR) is 49.8 cm³/mol. The Kier molecular flexibility index (Phi) is 2.06. The maximum absolute atomic E-state index is 13.4. The van der Waals surface area contributed by atoms with Gasteiger partial charge in [0.2, 0.25) is 0 Å². The van der Waals surface area contributed by atoms with Gasteiger partial charge in [-0.15, -0.1) is 0 Å². The van der Waals surface area contributed by atoms with Crippen molar-refractivity contribution in [3.63, 3.8) is 0 Å². The zero-order valence-electron chi connectivity index (χ0n) is 7.60. The molecule has 2 N–H and O–H groups in total. The summed E-state index contributed by atoms with van der Waals surface area (Å²) in [6, 6.07) is 6.96. The van der Waals surface area contributed by atoms with Crippen LogP contribution in [-0.4, -0.2) is 13.1 Å². The normalized spacial score (nSPS) is 20.5. The second kappa shape index (κ2) is 3.09. The molecular weight excluding hydrogens is 167 g/mol. The molecule has 0 unspecified atom stereocenters. The Morgan fingerprint density at radius 3 is 2.46 bits per heavy atom. The Morgan fingerprint density at radius 2 is 1.85 bits per heavy atom. The van der Waals surface area contributed by atoms with Crippen LogP contribution >= 0.6 is 0 Å². The summed E-state index contributed by atoms with van der Waals surface area (Å²) >= 11 is 0. The van der Waals surface area contributed by atoms with Crippen LogP contribution in [0, 0.1) is 5.82 Å². The third-order valence-electron chi connectivity index (χ3n) is 2.61. The van der Waals surface area contributed by atoms with Crippen LogP contribution in [0.4, 0.5) is 4.39 Å². The molecule has 1 fully saturated rings. The zero-order valence-corrected chi connectivity index (χ0v) is 7.60. The van der Waals surface area contributed by atoms with Gasteiger partial charge >= 0.3 is 0 Å². The Labute approximate surface area is 77.1 Å². The molecule has 0 spiro atoms. The minimum atomic E-state index is -0.120. The quantitative estimate of drug-likeness (QED) is 0.678. The number of hydrogen-bond acceptors (Lipinski definition) is 2. The molecule has 1 aliphatic rings. The van der Waals surface area contributed by atoms with E-state index in [-0.39, 0.29) is 11.2 Å². The maximum Gasteiger partial charge on any atom is 0.127 e. The highest BCUT2D eigenvalue weighted by Crippen LogP contribution is 2.26. The van der Waals surface area contributed by atoms with Crippen molar-refractivity contribution in [2.24, 2.45) is 0 Å². The summed E-state index contributed by atoms with van der Waals surface area (Å²) in [5.41, 5.74) is 6.71. The molecule has 0 aromatic heterocycles.